The molecule has 0 spiro atoms. The summed E-state index contributed by atoms with van der Waals surface area (Å²) in [4.78, 5) is 13.1. The maximum Gasteiger partial charge on any atom is 0.303 e. The first-order chi connectivity index (χ1) is 6.75. The van der Waals surface area contributed by atoms with E-state index < -0.39 is 5.97 Å². The van der Waals surface area contributed by atoms with Crippen molar-refractivity contribution in [3.05, 3.63) is 0 Å². The lowest BCUT2D eigenvalue weighted by Crippen LogP contribution is -2.33. The van der Waals surface area contributed by atoms with Gasteiger partial charge in [0.05, 0.1) is 0 Å². The zero-order chi connectivity index (χ0) is 9.97. The van der Waals surface area contributed by atoms with Crippen molar-refractivity contribution in [3.8, 4) is 0 Å². The van der Waals surface area contributed by atoms with Crippen LogP contribution in [0.15, 0.2) is 0 Å². The lowest BCUT2D eigenvalue weighted by molar-refractivity contribution is -0.138. The molecule has 0 amide bonds. The van der Waals surface area contributed by atoms with Crippen LogP contribution in [0.25, 0.3) is 0 Å². The first-order valence-corrected chi connectivity index (χ1v) is 6.45. The molecule has 80 valence electrons. The van der Waals surface area contributed by atoms with Crippen LogP contribution in [0.5, 0.6) is 0 Å². The van der Waals surface area contributed by atoms with Crippen LogP contribution >= 0.6 is 11.8 Å². The lowest BCUT2D eigenvalue weighted by Gasteiger charge is -2.22. The Balaban J connectivity index is 1.78. The minimum absolute atomic E-state index is 0.358. The lowest BCUT2D eigenvalue weighted by atomic mass is 10.1. The zero-order valence-electron chi connectivity index (χ0n) is 8.32. The molecule has 0 aromatic rings. The van der Waals surface area contributed by atoms with E-state index in [0.717, 1.165) is 25.6 Å². The van der Waals surface area contributed by atoms with Crippen LogP contribution in [0.2, 0.25) is 0 Å². The molecule has 2 unspecified atom stereocenters. The Morgan fingerprint density at radius 1 is 1.50 bits per heavy atom. The van der Waals surface area contributed by atoms with Crippen molar-refractivity contribution in [1.82, 2.24) is 4.90 Å². The van der Waals surface area contributed by atoms with Crippen LogP contribution in [0.4, 0.5) is 0 Å². The van der Waals surface area contributed by atoms with E-state index in [1.165, 1.54) is 17.9 Å². The van der Waals surface area contributed by atoms with Gasteiger partial charge in [-0.05, 0) is 31.1 Å². The summed E-state index contributed by atoms with van der Waals surface area (Å²) in [5.41, 5.74) is 0. The first-order valence-electron chi connectivity index (χ1n) is 5.29. The molecule has 0 aliphatic carbocycles. The molecule has 2 atom stereocenters. The van der Waals surface area contributed by atoms with Crippen molar-refractivity contribution in [3.63, 3.8) is 0 Å². The van der Waals surface area contributed by atoms with Gasteiger partial charge in [0.25, 0.3) is 0 Å². The third-order valence-corrected chi connectivity index (χ3v) is 4.35. The molecular formula is C10H17NO2S. The second-order valence-electron chi connectivity index (χ2n) is 4.26. The maximum atomic E-state index is 10.6. The summed E-state index contributed by atoms with van der Waals surface area (Å²) in [6.07, 6.45) is 2.73. The Kier molecular flexibility index (Phi) is 3.34. The van der Waals surface area contributed by atoms with Crippen LogP contribution in [0.3, 0.4) is 0 Å². The number of carboxylic acid groups (broad SMARTS) is 1. The Labute approximate surface area is 88.9 Å². The van der Waals surface area contributed by atoms with E-state index in [0.29, 0.717) is 12.3 Å². The van der Waals surface area contributed by atoms with Crippen LogP contribution in [0, 0.1) is 5.92 Å². The smallest absolute Gasteiger partial charge is 0.303 e. The molecule has 2 fully saturated rings. The maximum absolute atomic E-state index is 10.6. The van der Waals surface area contributed by atoms with Gasteiger partial charge in [0.1, 0.15) is 0 Å². The number of carboxylic acids is 1. The van der Waals surface area contributed by atoms with Gasteiger partial charge in [0, 0.05) is 24.8 Å². The number of carbonyl (C=O) groups is 1. The number of hydrogen-bond donors (Lipinski definition) is 1. The SMILES string of the molecule is O=C(O)CC1CCN(C2CCSC2)C1. The average molecular weight is 215 g/mol. The van der Waals surface area contributed by atoms with E-state index in [1.54, 1.807) is 0 Å². The van der Waals surface area contributed by atoms with Crippen molar-refractivity contribution in [2.45, 2.75) is 25.3 Å². The molecule has 2 aliphatic heterocycles. The van der Waals surface area contributed by atoms with Crippen LogP contribution in [0.1, 0.15) is 19.3 Å². The third-order valence-electron chi connectivity index (χ3n) is 3.20. The molecule has 0 saturated carbocycles. The Bertz CT molecular complexity index is 216. The highest BCUT2D eigenvalue weighted by Gasteiger charge is 2.30. The fourth-order valence-electron chi connectivity index (χ4n) is 2.42. The van der Waals surface area contributed by atoms with Gasteiger partial charge in [-0.1, -0.05) is 0 Å². The molecule has 2 rings (SSSR count). The zero-order valence-corrected chi connectivity index (χ0v) is 9.13. The van der Waals surface area contributed by atoms with Crippen LogP contribution < -0.4 is 0 Å². The Morgan fingerprint density at radius 3 is 3.00 bits per heavy atom. The van der Waals surface area contributed by atoms with Gasteiger partial charge in [-0.3, -0.25) is 9.69 Å². The molecule has 0 radical (unpaired) electrons. The fourth-order valence-corrected chi connectivity index (χ4v) is 3.67. The topological polar surface area (TPSA) is 40.5 Å². The number of thioether (sulfide) groups is 1. The third kappa shape index (κ3) is 2.42. The molecule has 2 aliphatic rings. The fraction of sp³-hybridized carbons (Fsp3) is 0.900. The summed E-state index contributed by atoms with van der Waals surface area (Å²) < 4.78 is 0. The van der Waals surface area contributed by atoms with Crippen molar-refractivity contribution >= 4 is 17.7 Å². The molecule has 0 bridgehead atoms. The van der Waals surface area contributed by atoms with Crippen LogP contribution in [-0.4, -0.2) is 46.6 Å². The van der Waals surface area contributed by atoms with Crippen molar-refractivity contribution in [1.29, 1.82) is 0 Å². The number of nitrogens with zero attached hydrogens (tertiary/aromatic N) is 1. The summed E-state index contributed by atoms with van der Waals surface area (Å²) >= 11 is 2.03. The van der Waals surface area contributed by atoms with E-state index in [2.05, 4.69) is 4.90 Å². The highest BCUT2D eigenvalue weighted by molar-refractivity contribution is 7.99. The van der Waals surface area contributed by atoms with Gasteiger partial charge in [-0.25, -0.2) is 0 Å². The monoisotopic (exact) mass is 215 g/mol. The molecular weight excluding hydrogens is 198 g/mol. The molecule has 0 aromatic carbocycles. The predicted molar refractivity (Wildman–Crippen MR) is 57.7 cm³/mol. The standard InChI is InChI=1S/C10H17NO2S/c12-10(13)5-8-1-3-11(6-8)9-2-4-14-7-9/h8-9H,1-7H2,(H,12,13). The summed E-state index contributed by atoms with van der Waals surface area (Å²) in [6.45, 7) is 2.13. The quantitative estimate of drug-likeness (QED) is 0.770. The van der Waals surface area contributed by atoms with E-state index >= 15 is 0 Å². The molecule has 4 heteroatoms. The van der Waals surface area contributed by atoms with Crippen LogP contribution in [-0.2, 0) is 4.79 Å². The highest BCUT2D eigenvalue weighted by atomic mass is 32.2. The number of hydrogen-bond acceptors (Lipinski definition) is 3. The van der Waals surface area contributed by atoms with E-state index in [9.17, 15) is 4.79 Å². The van der Waals surface area contributed by atoms with E-state index in [4.69, 9.17) is 5.11 Å². The number of aliphatic carboxylic acids is 1. The second kappa shape index (κ2) is 4.53. The van der Waals surface area contributed by atoms with Gasteiger partial charge >= 0.3 is 5.97 Å². The molecule has 2 heterocycles. The average Bonchev–Trinajstić information content (AvgIpc) is 2.69. The largest absolute Gasteiger partial charge is 0.481 e. The summed E-state index contributed by atoms with van der Waals surface area (Å²) in [7, 11) is 0. The first kappa shape index (κ1) is 10.3. The highest BCUT2D eigenvalue weighted by Crippen LogP contribution is 2.28. The van der Waals surface area contributed by atoms with Gasteiger partial charge in [-0.15, -0.1) is 0 Å². The molecule has 3 nitrogen and oxygen atoms in total. The van der Waals surface area contributed by atoms with E-state index in [-0.39, 0.29) is 0 Å². The summed E-state index contributed by atoms with van der Waals surface area (Å²) in [5, 5.41) is 8.70. The van der Waals surface area contributed by atoms with Crippen molar-refractivity contribution in [2.24, 2.45) is 5.92 Å². The van der Waals surface area contributed by atoms with Gasteiger partial charge in [0.15, 0.2) is 0 Å². The number of rotatable bonds is 3. The van der Waals surface area contributed by atoms with Gasteiger partial charge in [0.2, 0.25) is 0 Å². The molecule has 14 heavy (non-hydrogen) atoms. The Morgan fingerprint density at radius 2 is 2.36 bits per heavy atom. The molecule has 1 N–H and O–H groups in total. The van der Waals surface area contributed by atoms with Crippen molar-refractivity contribution < 1.29 is 9.90 Å². The van der Waals surface area contributed by atoms with Gasteiger partial charge < -0.3 is 5.11 Å². The molecule has 2 saturated heterocycles. The summed E-state index contributed by atoms with van der Waals surface area (Å²) in [5.74, 6) is 2.29. The summed E-state index contributed by atoms with van der Waals surface area (Å²) in [6, 6.07) is 0.735. The second-order valence-corrected chi connectivity index (χ2v) is 5.41. The number of likely N-dealkylation sites (tertiary alicyclic amines) is 1. The van der Waals surface area contributed by atoms with Crippen molar-refractivity contribution in [2.75, 3.05) is 24.6 Å². The normalized spacial score (nSPS) is 33.7. The predicted octanol–water partition coefficient (Wildman–Crippen LogP) is 1.29. The van der Waals surface area contributed by atoms with Gasteiger partial charge in [-0.2, -0.15) is 11.8 Å². The molecule has 0 aromatic heterocycles. The minimum atomic E-state index is -0.641. The minimum Gasteiger partial charge on any atom is -0.481 e. The Hall–Kier alpha value is -0.220. The van der Waals surface area contributed by atoms with E-state index in [1.807, 2.05) is 11.8 Å².